The van der Waals surface area contributed by atoms with Crippen LogP contribution in [-0.2, 0) is 0 Å². The SMILES string of the molecule is CC1=N[N+](c2cccc(C(=O)O)c2)=C(N)C1. The predicted molar refractivity (Wildman–Crippen MR) is 60.2 cm³/mol. The first kappa shape index (κ1) is 10.4. The highest BCUT2D eigenvalue weighted by Crippen LogP contribution is 2.17. The Morgan fingerprint density at radius 3 is 2.88 bits per heavy atom. The Bertz CT molecular complexity index is 518. The van der Waals surface area contributed by atoms with Gasteiger partial charge in [-0.1, -0.05) is 11.2 Å². The minimum atomic E-state index is -0.958. The number of nitrogens with two attached hydrogens (primary N) is 1. The molecule has 0 aromatic heterocycles. The molecule has 16 heavy (non-hydrogen) atoms. The summed E-state index contributed by atoms with van der Waals surface area (Å²) in [4.78, 5) is 10.8. The molecule has 3 N–H and O–H groups in total. The van der Waals surface area contributed by atoms with Gasteiger partial charge in [0.1, 0.15) is 0 Å². The fourth-order valence-corrected chi connectivity index (χ4v) is 1.60. The third-order valence-electron chi connectivity index (χ3n) is 2.32. The molecule has 0 saturated heterocycles. The summed E-state index contributed by atoms with van der Waals surface area (Å²) >= 11 is 0. The zero-order valence-corrected chi connectivity index (χ0v) is 8.84. The van der Waals surface area contributed by atoms with Crippen LogP contribution in [-0.4, -0.2) is 27.3 Å². The number of amidine groups is 1. The Labute approximate surface area is 92.5 Å². The smallest absolute Gasteiger partial charge is 0.335 e. The number of hydrazone groups is 1. The summed E-state index contributed by atoms with van der Waals surface area (Å²) in [6, 6.07) is 6.54. The van der Waals surface area contributed by atoms with E-state index in [0.717, 1.165) is 5.71 Å². The maximum Gasteiger partial charge on any atom is 0.335 e. The molecule has 0 aliphatic carbocycles. The summed E-state index contributed by atoms with van der Waals surface area (Å²) in [5.74, 6) is -0.347. The van der Waals surface area contributed by atoms with E-state index in [2.05, 4.69) is 5.10 Å². The van der Waals surface area contributed by atoms with Crippen molar-refractivity contribution >= 4 is 23.2 Å². The van der Waals surface area contributed by atoms with E-state index in [9.17, 15) is 4.79 Å². The van der Waals surface area contributed by atoms with Crippen LogP contribution >= 0.6 is 0 Å². The first-order valence-electron chi connectivity index (χ1n) is 4.87. The summed E-state index contributed by atoms with van der Waals surface area (Å²) in [6.45, 7) is 1.88. The summed E-state index contributed by atoms with van der Waals surface area (Å²) in [5.41, 5.74) is 7.63. The molecule has 0 unspecified atom stereocenters. The van der Waals surface area contributed by atoms with Gasteiger partial charge >= 0.3 is 5.97 Å². The second kappa shape index (κ2) is 3.77. The van der Waals surface area contributed by atoms with E-state index >= 15 is 0 Å². The van der Waals surface area contributed by atoms with E-state index in [1.54, 1.807) is 22.9 Å². The quantitative estimate of drug-likeness (QED) is 0.731. The monoisotopic (exact) mass is 218 g/mol. The van der Waals surface area contributed by atoms with Crippen molar-refractivity contribution in [1.29, 1.82) is 0 Å². The average molecular weight is 218 g/mol. The van der Waals surface area contributed by atoms with Crippen LogP contribution in [0.3, 0.4) is 0 Å². The lowest BCUT2D eigenvalue weighted by molar-refractivity contribution is -0.443. The van der Waals surface area contributed by atoms with Gasteiger partial charge in [-0.05, 0) is 19.1 Å². The van der Waals surface area contributed by atoms with Gasteiger partial charge in [0.2, 0.25) is 0 Å². The van der Waals surface area contributed by atoms with E-state index in [4.69, 9.17) is 10.8 Å². The van der Waals surface area contributed by atoms with E-state index < -0.39 is 5.97 Å². The van der Waals surface area contributed by atoms with Crippen LogP contribution in [0.25, 0.3) is 0 Å². The van der Waals surface area contributed by atoms with Crippen molar-refractivity contribution in [2.45, 2.75) is 13.3 Å². The van der Waals surface area contributed by atoms with E-state index in [1.807, 2.05) is 6.92 Å². The van der Waals surface area contributed by atoms with Crippen LogP contribution in [0, 0.1) is 0 Å². The van der Waals surface area contributed by atoms with Gasteiger partial charge in [-0.25, -0.2) is 4.79 Å². The lowest BCUT2D eigenvalue weighted by Crippen LogP contribution is -2.18. The third-order valence-corrected chi connectivity index (χ3v) is 2.32. The molecule has 0 saturated carbocycles. The second-order valence-electron chi connectivity index (χ2n) is 3.67. The number of carboxylic acids is 1. The van der Waals surface area contributed by atoms with Crippen molar-refractivity contribution in [3.05, 3.63) is 29.8 Å². The van der Waals surface area contributed by atoms with Crippen molar-refractivity contribution in [1.82, 2.24) is 0 Å². The molecule has 0 atom stereocenters. The Morgan fingerprint density at radius 1 is 1.56 bits per heavy atom. The number of aromatic carboxylic acids is 1. The molecule has 1 aliphatic heterocycles. The molecule has 5 heteroatoms. The van der Waals surface area contributed by atoms with E-state index in [1.165, 1.54) is 6.07 Å². The molecule has 1 aromatic rings. The lowest BCUT2D eigenvalue weighted by atomic mass is 10.2. The van der Waals surface area contributed by atoms with Crippen LogP contribution < -0.4 is 5.73 Å². The number of carboxylic acid groups (broad SMARTS) is 1. The molecule has 0 amide bonds. The number of benzene rings is 1. The minimum Gasteiger partial charge on any atom is -0.478 e. The first-order chi connectivity index (χ1) is 7.58. The Hall–Kier alpha value is -2.17. The van der Waals surface area contributed by atoms with Crippen LogP contribution in [0.4, 0.5) is 5.69 Å². The highest BCUT2D eigenvalue weighted by Gasteiger charge is 2.20. The second-order valence-corrected chi connectivity index (χ2v) is 3.67. The van der Waals surface area contributed by atoms with Gasteiger partial charge in [0.05, 0.1) is 17.7 Å². The van der Waals surface area contributed by atoms with Gasteiger partial charge < -0.3 is 5.11 Å². The van der Waals surface area contributed by atoms with Gasteiger partial charge in [0.25, 0.3) is 5.84 Å². The van der Waals surface area contributed by atoms with Gasteiger partial charge in [-0.3, -0.25) is 5.73 Å². The highest BCUT2D eigenvalue weighted by molar-refractivity contribution is 6.02. The summed E-state index contributed by atoms with van der Waals surface area (Å²) in [6.07, 6.45) is 0.622. The molecule has 2 rings (SSSR count). The fourth-order valence-electron chi connectivity index (χ4n) is 1.60. The van der Waals surface area contributed by atoms with Gasteiger partial charge in [-0.2, -0.15) is 0 Å². The largest absolute Gasteiger partial charge is 0.478 e. The first-order valence-corrected chi connectivity index (χ1v) is 4.87. The third kappa shape index (κ3) is 1.79. The van der Waals surface area contributed by atoms with E-state index in [-0.39, 0.29) is 5.56 Å². The summed E-state index contributed by atoms with van der Waals surface area (Å²) in [7, 11) is 0. The van der Waals surface area contributed by atoms with Crippen molar-refractivity contribution in [3.8, 4) is 0 Å². The Balaban J connectivity index is 2.45. The molecular formula is C11H12N3O2+. The normalized spacial score (nSPS) is 15.2. The molecule has 5 nitrogen and oxygen atoms in total. The number of carbonyl (C=O) groups is 1. The summed E-state index contributed by atoms with van der Waals surface area (Å²) < 4.78 is 1.57. The van der Waals surface area contributed by atoms with Crippen molar-refractivity contribution < 1.29 is 14.6 Å². The molecule has 0 spiro atoms. The highest BCUT2D eigenvalue weighted by atomic mass is 16.4. The van der Waals surface area contributed by atoms with Gasteiger partial charge in [0.15, 0.2) is 5.69 Å². The van der Waals surface area contributed by atoms with Crippen LogP contribution in [0.2, 0.25) is 0 Å². The zero-order chi connectivity index (χ0) is 11.7. The number of nitrogens with zero attached hydrogens (tertiary/aromatic N) is 2. The number of rotatable bonds is 2. The fraction of sp³-hybridized carbons (Fsp3) is 0.182. The van der Waals surface area contributed by atoms with E-state index in [0.29, 0.717) is 17.9 Å². The van der Waals surface area contributed by atoms with Gasteiger partial charge in [-0.15, -0.1) is 4.68 Å². The van der Waals surface area contributed by atoms with Crippen molar-refractivity contribution in [2.24, 2.45) is 10.8 Å². The maximum absolute atomic E-state index is 10.8. The maximum atomic E-state index is 10.8. The summed E-state index contributed by atoms with van der Waals surface area (Å²) in [5, 5.41) is 13.1. The molecule has 0 bridgehead atoms. The Kier molecular flexibility index (Phi) is 2.44. The van der Waals surface area contributed by atoms with Crippen LogP contribution in [0.1, 0.15) is 23.7 Å². The molecule has 0 fully saturated rings. The van der Waals surface area contributed by atoms with Crippen molar-refractivity contribution in [3.63, 3.8) is 0 Å². The molecular weight excluding hydrogens is 206 g/mol. The number of hydrogen-bond donors (Lipinski definition) is 2. The van der Waals surface area contributed by atoms with Gasteiger partial charge in [0, 0.05) is 6.07 Å². The molecule has 0 radical (unpaired) electrons. The van der Waals surface area contributed by atoms with Crippen LogP contribution in [0.15, 0.2) is 29.4 Å². The predicted octanol–water partition coefficient (Wildman–Crippen LogP) is 1.17. The molecule has 82 valence electrons. The Morgan fingerprint density at radius 2 is 2.31 bits per heavy atom. The molecule has 1 aliphatic rings. The topological polar surface area (TPSA) is 78.7 Å². The standard InChI is InChI=1S/C11H11N3O2/c1-7-5-10(12)14(13-7)9-4-2-3-8(6-9)11(15)16/h2-4,6,12H,5H2,1H3,(H,15,16)/p+1. The lowest BCUT2D eigenvalue weighted by Gasteiger charge is -1.99. The molecule has 1 aromatic carbocycles. The molecule has 1 heterocycles. The minimum absolute atomic E-state index is 0.227. The van der Waals surface area contributed by atoms with Crippen molar-refractivity contribution in [2.75, 3.05) is 0 Å². The van der Waals surface area contributed by atoms with Crippen LogP contribution in [0.5, 0.6) is 0 Å². The number of hydrogen-bond acceptors (Lipinski definition) is 3. The average Bonchev–Trinajstić information content (AvgIpc) is 2.58. The zero-order valence-electron chi connectivity index (χ0n) is 8.84.